The number of amides is 1. The Bertz CT molecular complexity index is 500. The Morgan fingerprint density at radius 3 is 2.81 bits per heavy atom. The first-order valence-electron chi connectivity index (χ1n) is 7.16. The second kappa shape index (κ2) is 8.10. The summed E-state index contributed by atoms with van der Waals surface area (Å²) in [7, 11) is 1.65. The highest BCUT2D eigenvalue weighted by Crippen LogP contribution is 2.25. The number of rotatable bonds is 6. The summed E-state index contributed by atoms with van der Waals surface area (Å²) >= 11 is 1.56. The van der Waals surface area contributed by atoms with Gasteiger partial charge in [0, 0.05) is 18.0 Å². The van der Waals surface area contributed by atoms with Crippen LogP contribution in [0.15, 0.2) is 40.8 Å². The van der Waals surface area contributed by atoms with Crippen LogP contribution < -0.4 is 15.4 Å². The zero-order chi connectivity index (χ0) is 15.1. The molecule has 0 spiro atoms. The maximum Gasteiger partial charge on any atom is 0.233 e. The number of benzene rings is 1. The fourth-order valence-electron chi connectivity index (χ4n) is 2.09. The molecule has 0 saturated heterocycles. The molecule has 0 aromatic heterocycles. The Kier molecular flexibility index (Phi) is 6.14. The average Bonchev–Trinajstić information content (AvgIpc) is 2.54. The molecule has 1 aromatic rings. The van der Waals surface area contributed by atoms with E-state index in [4.69, 9.17) is 4.74 Å². The van der Waals surface area contributed by atoms with E-state index in [9.17, 15) is 4.79 Å². The van der Waals surface area contributed by atoms with Gasteiger partial charge in [-0.05, 0) is 44.2 Å². The van der Waals surface area contributed by atoms with Crippen molar-refractivity contribution in [2.24, 2.45) is 0 Å². The molecule has 0 bridgehead atoms. The van der Waals surface area contributed by atoms with E-state index in [0.717, 1.165) is 30.2 Å². The summed E-state index contributed by atoms with van der Waals surface area (Å²) in [5.74, 6) is 0.907. The molecule has 21 heavy (non-hydrogen) atoms. The second-order valence-corrected chi connectivity index (χ2v) is 6.38. The lowest BCUT2D eigenvalue weighted by atomic mass is 10.1. The molecule has 1 heterocycles. The molecule has 1 aliphatic heterocycles. The molecule has 0 radical (unpaired) electrons. The zero-order valence-corrected chi connectivity index (χ0v) is 13.3. The van der Waals surface area contributed by atoms with Crippen molar-refractivity contribution in [2.75, 3.05) is 26.7 Å². The van der Waals surface area contributed by atoms with Crippen LogP contribution in [-0.2, 0) is 4.79 Å². The molecular formula is C16H22N2O2S. The van der Waals surface area contributed by atoms with Crippen LogP contribution in [0.5, 0.6) is 5.75 Å². The van der Waals surface area contributed by atoms with Gasteiger partial charge in [-0.2, -0.15) is 0 Å². The maximum atomic E-state index is 12.1. The van der Waals surface area contributed by atoms with Gasteiger partial charge in [0.05, 0.1) is 12.4 Å². The summed E-state index contributed by atoms with van der Waals surface area (Å²) in [6, 6.07) is 7.77. The van der Waals surface area contributed by atoms with E-state index in [1.54, 1.807) is 18.9 Å². The lowest BCUT2D eigenvalue weighted by Crippen LogP contribution is -2.34. The lowest BCUT2D eigenvalue weighted by Gasteiger charge is -2.16. The predicted octanol–water partition coefficient (Wildman–Crippen LogP) is 2.21. The molecular weight excluding hydrogens is 284 g/mol. The highest BCUT2D eigenvalue weighted by atomic mass is 32.2. The molecule has 0 aliphatic carbocycles. The highest BCUT2D eigenvalue weighted by molar-refractivity contribution is 8.00. The zero-order valence-electron chi connectivity index (χ0n) is 12.5. The quantitative estimate of drug-likeness (QED) is 0.625. The molecule has 1 aliphatic rings. The molecule has 2 N–H and O–H groups in total. The fourth-order valence-corrected chi connectivity index (χ4v) is 2.98. The second-order valence-electron chi connectivity index (χ2n) is 4.97. The Hall–Kier alpha value is -1.46. The average molecular weight is 306 g/mol. The topological polar surface area (TPSA) is 50.4 Å². The number of nitrogens with one attached hydrogen (secondary N) is 2. The van der Waals surface area contributed by atoms with Crippen molar-refractivity contribution in [2.45, 2.75) is 23.5 Å². The number of thioether (sulfide) groups is 1. The number of carbonyl (C=O) groups excluding carboxylic acids is 1. The van der Waals surface area contributed by atoms with E-state index in [1.165, 1.54) is 5.57 Å². The van der Waals surface area contributed by atoms with Gasteiger partial charge in [-0.15, -0.1) is 11.8 Å². The van der Waals surface area contributed by atoms with Gasteiger partial charge in [0.2, 0.25) is 5.91 Å². The maximum absolute atomic E-state index is 12.1. The van der Waals surface area contributed by atoms with Crippen molar-refractivity contribution in [1.82, 2.24) is 10.6 Å². The van der Waals surface area contributed by atoms with Gasteiger partial charge in [-0.3, -0.25) is 4.79 Å². The summed E-state index contributed by atoms with van der Waals surface area (Å²) in [6.07, 6.45) is 3.17. The monoisotopic (exact) mass is 306 g/mol. The molecule has 1 atom stereocenters. The molecule has 1 aromatic carbocycles. The third-order valence-corrected chi connectivity index (χ3v) is 4.50. The van der Waals surface area contributed by atoms with Gasteiger partial charge in [-0.25, -0.2) is 0 Å². The van der Waals surface area contributed by atoms with Gasteiger partial charge >= 0.3 is 0 Å². The van der Waals surface area contributed by atoms with Crippen LogP contribution in [-0.4, -0.2) is 37.9 Å². The van der Waals surface area contributed by atoms with Crippen LogP contribution in [0.3, 0.4) is 0 Å². The minimum atomic E-state index is -0.110. The standard InChI is InChI=1S/C16H22N2O2S/c1-12(21-15-5-3-14(20-2)4-6-15)16(19)18-11-13-7-9-17-10-8-13/h3-7,12,17H,8-11H2,1-2H3,(H,18,19). The number of carbonyl (C=O) groups is 1. The van der Waals surface area contributed by atoms with E-state index in [-0.39, 0.29) is 11.2 Å². The van der Waals surface area contributed by atoms with Gasteiger partial charge < -0.3 is 15.4 Å². The van der Waals surface area contributed by atoms with Crippen molar-refractivity contribution in [3.63, 3.8) is 0 Å². The van der Waals surface area contributed by atoms with E-state index in [0.29, 0.717) is 6.54 Å². The third kappa shape index (κ3) is 5.10. The predicted molar refractivity (Wildman–Crippen MR) is 86.9 cm³/mol. The van der Waals surface area contributed by atoms with E-state index < -0.39 is 0 Å². The first kappa shape index (κ1) is 15.9. The summed E-state index contributed by atoms with van der Waals surface area (Å²) in [4.78, 5) is 13.2. The van der Waals surface area contributed by atoms with Crippen molar-refractivity contribution in [3.8, 4) is 5.75 Å². The minimum Gasteiger partial charge on any atom is -0.497 e. The van der Waals surface area contributed by atoms with E-state index in [1.807, 2.05) is 31.2 Å². The highest BCUT2D eigenvalue weighted by Gasteiger charge is 2.14. The normalized spacial score (nSPS) is 16.0. The van der Waals surface area contributed by atoms with Crippen LogP contribution in [0, 0.1) is 0 Å². The molecule has 0 saturated carbocycles. The Balaban J connectivity index is 1.79. The first-order chi connectivity index (χ1) is 10.2. The van der Waals surface area contributed by atoms with E-state index >= 15 is 0 Å². The molecule has 114 valence electrons. The van der Waals surface area contributed by atoms with Crippen LogP contribution >= 0.6 is 11.8 Å². The van der Waals surface area contributed by atoms with Crippen molar-refractivity contribution < 1.29 is 9.53 Å². The first-order valence-corrected chi connectivity index (χ1v) is 8.04. The van der Waals surface area contributed by atoms with Crippen LogP contribution in [0.1, 0.15) is 13.3 Å². The van der Waals surface area contributed by atoms with Gasteiger partial charge in [0.1, 0.15) is 5.75 Å². The molecule has 5 heteroatoms. The molecule has 4 nitrogen and oxygen atoms in total. The Labute approximate surface area is 130 Å². The number of hydrogen-bond acceptors (Lipinski definition) is 4. The summed E-state index contributed by atoms with van der Waals surface area (Å²) < 4.78 is 5.13. The SMILES string of the molecule is COc1ccc(SC(C)C(=O)NCC2=CCNCC2)cc1. The fraction of sp³-hybridized carbons (Fsp3) is 0.438. The summed E-state index contributed by atoms with van der Waals surface area (Å²) in [5, 5.41) is 6.17. The third-order valence-electron chi connectivity index (χ3n) is 3.39. The Morgan fingerprint density at radius 1 is 1.43 bits per heavy atom. The smallest absolute Gasteiger partial charge is 0.233 e. The summed E-state index contributed by atoms with van der Waals surface area (Å²) in [6.45, 7) is 4.49. The summed E-state index contributed by atoms with van der Waals surface area (Å²) in [5.41, 5.74) is 1.31. The number of methoxy groups -OCH3 is 1. The van der Waals surface area contributed by atoms with Gasteiger partial charge in [0.15, 0.2) is 0 Å². The van der Waals surface area contributed by atoms with Gasteiger partial charge in [0.25, 0.3) is 0 Å². The Morgan fingerprint density at radius 2 is 2.19 bits per heavy atom. The van der Waals surface area contributed by atoms with E-state index in [2.05, 4.69) is 16.7 Å². The van der Waals surface area contributed by atoms with Crippen LogP contribution in [0.2, 0.25) is 0 Å². The van der Waals surface area contributed by atoms with Gasteiger partial charge in [-0.1, -0.05) is 11.6 Å². The molecule has 2 rings (SSSR count). The van der Waals surface area contributed by atoms with Crippen molar-refractivity contribution in [1.29, 1.82) is 0 Å². The lowest BCUT2D eigenvalue weighted by molar-refractivity contribution is -0.120. The number of ether oxygens (including phenoxy) is 1. The van der Waals surface area contributed by atoms with Crippen LogP contribution in [0.4, 0.5) is 0 Å². The largest absolute Gasteiger partial charge is 0.497 e. The van der Waals surface area contributed by atoms with Crippen molar-refractivity contribution >= 4 is 17.7 Å². The molecule has 0 fully saturated rings. The molecule has 1 amide bonds. The number of hydrogen-bond donors (Lipinski definition) is 2. The van der Waals surface area contributed by atoms with Crippen molar-refractivity contribution in [3.05, 3.63) is 35.9 Å². The molecule has 1 unspecified atom stereocenters. The minimum absolute atomic E-state index is 0.0789. The van der Waals surface area contributed by atoms with Crippen LogP contribution in [0.25, 0.3) is 0 Å².